The summed E-state index contributed by atoms with van der Waals surface area (Å²) in [5, 5.41) is 9.72. The first-order valence-corrected chi connectivity index (χ1v) is 4.23. The number of nitrogens with zero attached hydrogens (tertiary/aromatic N) is 1. The largest absolute Gasteiger partial charge is 0.387 e. The molecule has 1 saturated carbocycles. The van der Waals surface area contributed by atoms with E-state index in [9.17, 15) is 5.11 Å². The van der Waals surface area contributed by atoms with Crippen LogP contribution in [0.5, 0.6) is 0 Å². The summed E-state index contributed by atoms with van der Waals surface area (Å²) in [6, 6.07) is 0. The zero-order valence-corrected chi connectivity index (χ0v) is 6.92. The molecule has 1 N–H and O–H groups in total. The van der Waals surface area contributed by atoms with Gasteiger partial charge in [0.05, 0.1) is 18.3 Å². The van der Waals surface area contributed by atoms with Crippen LogP contribution in [0.3, 0.4) is 0 Å². The van der Waals surface area contributed by atoms with Crippen molar-refractivity contribution < 1.29 is 9.84 Å². The number of aliphatic hydroxyl groups is 1. The molecule has 1 aliphatic heterocycles. The van der Waals surface area contributed by atoms with Crippen molar-refractivity contribution in [2.45, 2.75) is 24.5 Å². The number of hydrogen-bond acceptors (Lipinski definition) is 3. The van der Waals surface area contributed by atoms with Crippen molar-refractivity contribution in [2.24, 2.45) is 0 Å². The van der Waals surface area contributed by atoms with E-state index < -0.39 is 5.60 Å². The second-order valence-corrected chi connectivity index (χ2v) is 3.73. The second kappa shape index (κ2) is 2.44. The Morgan fingerprint density at radius 1 is 1.55 bits per heavy atom. The minimum absolute atomic E-state index is 0.0706. The normalized spacial score (nSPS) is 37.1. The van der Waals surface area contributed by atoms with E-state index >= 15 is 0 Å². The molecule has 0 radical (unpaired) electrons. The van der Waals surface area contributed by atoms with Gasteiger partial charge in [0.2, 0.25) is 0 Å². The van der Waals surface area contributed by atoms with Crippen molar-refractivity contribution in [1.29, 1.82) is 0 Å². The molecular weight excluding hydrogens is 142 g/mol. The molecule has 2 aliphatic rings. The van der Waals surface area contributed by atoms with Crippen LogP contribution < -0.4 is 0 Å². The Bertz CT molecular complexity index is 156. The molecule has 0 bridgehead atoms. The Balaban J connectivity index is 1.93. The second-order valence-electron chi connectivity index (χ2n) is 3.73. The monoisotopic (exact) mass is 157 g/mol. The molecular formula is C8H15NO2. The highest BCUT2D eigenvalue weighted by Crippen LogP contribution is 2.40. The molecule has 0 unspecified atom stereocenters. The molecule has 3 nitrogen and oxygen atoms in total. The van der Waals surface area contributed by atoms with Gasteiger partial charge >= 0.3 is 0 Å². The molecule has 1 atom stereocenters. The van der Waals surface area contributed by atoms with Crippen LogP contribution in [0.15, 0.2) is 0 Å². The number of hydrogen-bond donors (Lipinski definition) is 1. The van der Waals surface area contributed by atoms with Crippen molar-refractivity contribution in [3.05, 3.63) is 0 Å². The summed E-state index contributed by atoms with van der Waals surface area (Å²) in [5.41, 5.74) is -0.464. The van der Waals surface area contributed by atoms with Crippen LogP contribution in [0.4, 0.5) is 0 Å². The van der Waals surface area contributed by atoms with E-state index in [0.29, 0.717) is 0 Å². The Kier molecular flexibility index (Phi) is 1.67. The average Bonchev–Trinajstić information content (AvgIpc) is 2.70. The minimum atomic E-state index is -0.464. The molecule has 0 aromatic heterocycles. The minimum Gasteiger partial charge on any atom is -0.387 e. The lowest BCUT2D eigenvalue weighted by atomic mass is 10.1. The summed E-state index contributed by atoms with van der Waals surface area (Å²) < 4.78 is 5.48. The SMILES string of the molecule is CN1CCO[C@H](C2(O)CC2)C1. The van der Waals surface area contributed by atoms with E-state index in [1.165, 1.54) is 0 Å². The quantitative estimate of drug-likeness (QED) is 0.574. The van der Waals surface area contributed by atoms with Crippen molar-refractivity contribution in [1.82, 2.24) is 4.90 Å². The highest BCUT2D eigenvalue weighted by Gasteiger charge is 2.49. The summed E-state index contributed by atoms with van der Waals surface area (Å²) in [6.45, 7) is 2.65. The summed E-state index contributed by atoms with van der Waals surface area (Å²) in [6.07, 6.45) is 1.91. The summed E-state index contributed by atoms with van der Waals surface area (Å²) in [4.78, 5) is 2.21. The fraction of sp³-hybridized carbons (Fsp3) is 1.00. The maximum absolute atomic E-state index is 9.72. The zero-order chi connectivity index (χ0) is 7.90. The molecule has 3 heteroatoms. The molecule has 11 heavy (non-hydrogen) atoms. The highest BCUT2D eigenvalue weighted by molar-refractivity contribution is 5.02. The van der Waals surface area contributed by atoms with Crippen molar-refractivity contribution >= 4 is 0 Å². The first-order chi connectivity index (χ1) is 5.21. The van der Waals surface area contributed by atoms with Gasteiger partial charge in [-0.05, 0) is 19.9 Å². The van der Waals surface area contributed by atoms with Gasteiger partial charge in [-0.25, -0.2) is 0 Å². The van der Waals surface area contributed by atoms with Gasteiger partial charge in [-0.3, -0.25) is 0 Å². The van der Waals surface area contributed by atoms with Gasteiger partial charge in [-0.2, -0.15) is 0 Å². The van der Waals surface area contributed by atoms with Gasteiger partial charge in [0.25, 0.3) is 0 Å². The fourth-order valence-corrected chi connectivity index (χ4v) is 1.55. The van der Waals surface area contributed by atoms with Crippen LogP contribution in [-0.4, -0.2) is 48.5 Å². The lowest BCUT2D eigenvalue weighted by molar-refractivity contribution is -0.0948. The van der Waals surface area contributed by atoms with Gasteiger partial charge in [0, 0.05) is 13.1 Å². The van der Waals surface area contributed by atoms with Gasteiger partial charge in [0.1, 0.15) is 0 Å². The molecule has 2 rings (SSSR count). The first-order valence-electron chi connectivity index (χ1n) is 4.23. The van der Waals surface area contributed by atoms with Crippen molar-refractivity contribution in [3.63, 3.8) is 0 Å². The van der Waals surface area contributed by atoms with E-state index in [1.54, 1.807) is 0 Å². The molecule has 2 fully saturated rings. The molecule has 0 aromatic carbocycles. The van der Waals surface area contributed by atoms with Gasteiger partial charge in [-0.1, -0.05) is 0 Å². The number of likely N-dealkylation sites (N-methyl/N-ethyl adjacent to an activating group) is 1. The van der Waals surface area contributed by atoms with Crippen LogP contribution in [0.2, 0.25) is 0 Å². The van der Waals surface area contributed by atoms with Crippen LogP contribution in [0, 0.1) is 0 Å². The zero-order valence-electron chi connectivity index (χ0n) is 6.92. The molecule has 1 heterocycles. The van der Waals surface area contributed by atoms with E-state index in [0.717, 1.165) is 32.5 Å². The lowest BCUT2D eigenvalue weighted by Gasteiger charge is -2.33. The Labute approximate surface area is 66.9 Å². The lowest BCUT2D eigenvalue weighted by Crippen LogP contribution is -2.47. The number of ether oxygens (including phenoxy) is 1. The maximum Gasteiger partial charge on any atom is 0.0988 e. The van der Waals surface area contributed by atoms with Crippen LogP contribution in [0.1, 0.15) is 12.8 Å². The van der Waals surface area contributed by atoms with E-state index in [-0.39, 0.29) is 6.10 Å². The van der Waals surface area contributed by atoms with Crippen LogP contribution in [0.25, 0.3) is 0 Å². The third-order valence-corrected chi connectivity index (χ3v) is 2.63. The van der Waals surface area contributed by atoms with Crippen LogP contribution in [-0.2, 0) is 4.74 Å². The van der Waals surface area contributed by atoms with Gasteiger partial charge in [-0.15, -0.1) is 0 Å². The van der Waals surface area contributed by atoms with Crippen molar-refractivity contribution in [3.8, 4) is 0 Å². The summed E-state index contributed by atoms with van der Waals surface area (Å²) in [5.74, 6) is 0. The smallest absolute Gasteiger partial charge is 0.0988 e. The first kappa shape index (κ1) is 7.53. The molecule has 0 spiro atoms. The summed E-state index contributed by atoms with van der Waals surface area (Å²) >= 11 is 0. The van der Waals surface area contributed by atoms with E-state index in [1.807, 2.05) is 0 Å². The predicted octanol–water partition coefficient (Wildman–Crippen LogP) is -0.158. The maximum atomic E-state index is 9.72. The van der Waals surface area contributed by atoms with Crippen LogP contribution >= 0.6 is 0 Å². The van der Waals surface area contributed by atoms with Gasteiger partial charge in [0.15, 0.2) is 0 Å². The third kappa shape index (κ3) is 1.41. The molecule has 1 saturated heterocycles. The van der Waals surface area contributed by atoms with Crippen molar-refractivity contribution in [2.75, 3.05) is 26.7 Å². The highest BCUT2D eigenvalue weighted by atomic mass is 16.5. The third-order valence-electron chi connectivity index (χ3n) is 2.63. The molecule has 0 amide bonds. The molecule has 0 aromatic rings. The van der Waals surface area contributed by atoms with E-state index in [2.05, 4.69) is 11.9 Å². The summed E-state index contributed by atoms with van der Waals surface area (Å²) in [7, 11) is 2.07. The van der Waals surface area contributed by atoms with E-state index in [4.69, 9.17) is 4.74 Å². The predicted molar refractivity (Wildman–Crippen MR) is 41.4 cm³/mol. The molecule has 1 aliphatic carbocycles. The topological polar surface area (TPSA) is 32.7 Å². The number of rotatable bonds is 1. The molecule has 64 valence electrons. The average molecular weight is 157 g/mol. The number of morpholine rings is 1. The van der Waals surface area contributed by atoms with Gasteiger partial charge < -0.3 is 14.7 Å². The Morgan fingerprint density at radius 2 is 2.27 bits per heavy atom. The Hall–Kier alpha value is -0.120. The fourth-order valence-electron chi connectivity index (χ4n) is 1.55. The standard InChI is InChI=1S/C8H15NO2/c1-9-4-5-11-7(6-9)8(10)2-3-8/h7,10H,2-6H2,1H3/t7-/m0/s1. The Morgan fingerprint density at radius 3 is 2.82 bits per heavy atom.